The van der Waals surface area contributed by atoms with Crippen LogP contribution in [0.15, 0.2) is 29.1 Å². The molecule has 1 aliphatic heterocycles. The van der Waals surface area contributed by atoms with E-state index in [4.69, 9.17) is 4.74 Å². The molecule has 0 bridgehead atoms. The molecule has 0 spiro atoms. The van der Waals surface area contributed by atoms with E-state index < -0.39 is 0 Å². The first-order valence-electron chi connectivity index (χ1n) is 13.4. The SMILES string of the molecule is CCC[C@H](c1nnnn1C1CCCCC1)N(Cc1cc2cc(C)ccc2[nH]c1=O)C[C@H]1CCCO1. The monoisotopic (exact) mass is 478 g/mol. The normalized spacial score (nSPS) is 20.1. The van der Waals surface area contributed by atoms with Gasteiger partial charge in [0, 0.05) is 30.8 Å². The van der Waals surface area contributed by atoms with Crippen LogP contribution in [0.1, 0.15) is 93.7 Å². The Labute approximate surface area is 207 Å². The number of fused-ring (bicyclic) bond motifs is 1. The van der Waals surface area contributed by atoms with Crippen LogP contribution in [0.25, 0.3) is 10.9 Å². The van der Waals surface area contributed by atoms with Crippen molar-refractivity contribution < 1.29 is 4.74 Å². The minimum Gasteiger partial charge on any atom is -0.377 e. The zero-order chi connectivity index (χ0) is 24.2. The van der Waals surface area contributed by atoms with Crippen LogP contribution in [0.2, 0.25) is 0 Å². The lowest BCUT2D eigenvalue weighted by Gasteiger charge is -2.33. The summed E-state index contributed by atoms with van der Waals surface area (Å²) in [4.78, 5) is 18.6. The van der Waals surface area contributed by atoms with Crippen LogP contribution in [0.4, 0.5) is 0 Å². The van der Waals surface area contributed by atoms with Crippen molar-refractivity contribution in [1.82, 2.24) is 30.1 Å². The summed E-state index contributed by atoms with van der Waals surface area (Å²) in [6, 6.07) is 8.60. The van der Waals surface area contributed by atoms with Crippen LogP contribution in [-0.2, 0) is 11.3 Å². The molecular formula is C27H38N6O2. The van der Waals surface area contributed by atoms with Gasteiger partial charge in [-0.05, 0) is 73.0 Å². The van der Waals surface area contributed by atoms with Gasteiger partial charge >= 0.3 is 0 Å². The van der Waals surface area contributed by atoms with E-state index in [1.54, 1.807) is 0 Å². The van der Waals surface area contributed by atoms with Gasteiger partial charge in [-0.3, -0.25) is 9.69 Å². The number of aromatic amines is 1. The van der Waals surface area contributed by atoms with E-state index in [9.17, 15) is 4.79 Å². The third-order valence-corrected chi connectivity index (χ3v) is 7.65. The maximum Gasteiger partial charge on any atom is 0.252 e. The summed E-state index contributed by atoms with van der Waals surface area (Å²) in [6.07, 6.45) is 10.3. The summed E-state index contributed by atoms with van der Waals surface area (Å²) in [7, 11) is 0. The number of aryl methyl sites for hydroxylation is 1. The van der Waals surface area contributed by atoms with Gasteiger partial charge < -0.3 is 9.72 Å². The summed E-state index contributed by atoms with van der Waals surface area (Å²) in [5, 5.41) is 14.2. The van der Waals surface area contributed by atoms with Gasteiger partial charge in [0.1, 0.15) is 0 Å². The molecule has 35 heavy (non-hydrogen) atoms. The second-order valence-corrected chi connectivity index (χ2v) is 10.4. The predicted molar refractivity (Wildman–Crippen MR) is 136 cm³/mol. The third kappa shape index (κ3) is 5.48. The Kier molecular flexibility index (Phi) is 7.58. The van der Waals surface area contributed by atoms with Gasteiger partial charge in [0.05, 0.1) is 18.2 Å². The Hall–Kier alpha value is -2.58. The number of tetrazole rings is 1. The molecular weight excluding hydrogens is 440 g/mol. The fraction of sp³-hybridized carbons (Fsp3) is 0.630. The first-order valence-corrected chi connectivity index (χ1v) is 13.4. The lowest BCUT2D eigenvalue weighted by atomic mass is 9.95. The van der Waals surface area contributed by atoms with E-state index in [-0.39, 0.29) is 17.7 Å². The molecule has 3 aromatic rings. The van der Waals surface area contributed by atoms with E-state index in [0.717, 1.165) is 74.0 Å². The van der Waals surface area contributed by atoms with Crippen molar-refractivity contribution in [2.75, 3.05) is 13.2 Å². The quantitative estimate of drug-likeness (QED) is 0.473. The smallest absolute Gasteiger partial charge is 0.252 e. The number of nitrogens with one attached hydrogen (secondary N) is 1. The fourth-order valence-corrected chi connectivity index (χ4v) is 5.81. The summed E-state index contributed by atoms with van der Waals surface area (Å²) in [5.74, 6) is 0.935. The van der Waals surface area contributed by atoms with Crippen LogP contribution in [-0.4, -0.2) is 49.3 Å². The number of pyridine rings is 1. The summed E-state index contributed by atoms with van der Waals surface area (Å²) < 4.78 is 8.14. The van der Waals surface area contributed by atoms with Crippen molar-refractivity contribution in [3.05, 3.63) is 51.6 Å². The molecule has 0 unspecified atom stereocenters. The minimum atomic E-state index is -0.0270. The molecule has 2 aromatic heterocycles. The zero-order valence-corrected chi connectivity index (χ0v) is 21.1. The van der Waals surface area contributed by atoms with Gasteiger partial charge in [-0.1, -0.05) is 44.2 Å². The predicted octanol–water partition coefficient (Wildman–Crippen LogP) is 4.85. The second-order valence-electron chi connectivity index (χ2n) is 10.4. The van der Waals surface area contributed by atoms with Gasteiger partial charge in [0.25, 0.3) is 5.56 Å². The lowest BCUT2D eigenvalue weighted by molar-refractivity contribution is 0.0468. The Bertz CT molecular complexity index is 1180. The summed E-state index contributed by atoms with van der Waals surface area (Å²) in [6.45, 7) is 6.41. The van der Waals surface area contributed by atoms with E-state index in [2.05, 4.69) is 56.1 Å². The highest BCUT2D eigenvalue weighted by atomic mass is 16.5. The molecule has 1 N–H and O–H groups in total. The molecule has 2 fully saturated rings. The number of aromatic nitrogens is 5. The van der Waals surface area contributed by atoms with Crippen molar-refractivity contribution in [3.8, 4) is 0 Å². The molecule has 0 radical (unpaired) electrons. The van der Waals surface area contributed by atoms with E-state index in [1.165, 1.54) is 24.8 Å². The fourth-order valence-electron chi connectivity index (χ4n) is 5.81. The van der Waals surface area contributed by atoms with Gasteiger partial charge in [0.15, 0.2) is 5.82 Å². The third-order valence-electron chi connectivity index (χ3n) is 7.65. The molecule has 1 saturated heterocycles. The van der Waals surface area contributed by atoms with Crippen LogP contribution in [0.3, 0.4) is 0 Å². The first kappa shape index (κ1) is 24.1. The molecule has 2 atom stereocenters. The Morgan fingerprint density at radius 3 is 2.80 bits per heavy atom. The number of benzene rings is 1. The molecule has 8 nitrogen and oxygen atoms in total. The molecule has 5 rings (SSSR count). The second kappa shape index (κ2) is 11.0. The molecule has 1 aliphatic carbocycles. The summed E-state index contributed by atoms with van der Waals surface area (Å²) in [5.41, 5.74) is 2.81. The van der Waals surface area contributed by atoms with Crippen molar-refractivity contribution in [2.45, 2.75) is 96.4 Å². The molecule has 1 saturated carbocycles. The van der Waals surface area contributed by atoms with E-state index in [1.807, 2.05) is 12.1 Å². The Morgan fingerprint density at radius 2 is 2.03 bits per heavy atom. The Balaban J connectivity index is 1.50. The average molecular weight is 479 g/mol. The van der Waals surface area contributed by atoms with Crippen LogP contribution in [0, 0.1) is 6.92 Å². The van der Waals surface area contributed by atoms with Crippen molar-refractivity contribution in [1.29, 1.82) is 0 Å². The highest BCUT2D eigenvalue weighted by molar-refractivity contribution is 5.79. The Morgan fingerprint density at radius 1 is 1.17 bits per heavy atom. The highest BCUT2D eigenvalue weighted by Crippen LogP contribution is 2.33. The summed E-state index contributed by atoms with van der Waals surface area (Å²) >= 11 is 0. The van der Waals surface area contributed by atoms with Crippen molar-refractivity contribution in [3.63, 3.8) is 0 Å². The number of ether oxygens (including phenoxy) is 1. The van der Waals surface area contributed by atoms with Crippen molar-refractivity contribution >= 4 is 10.9 Å². The molecule has 2 aliphatic rings. The molecule has 0 amide bonds. The maximum absolute atomic E-state index is 13.1. The first-order chi connectivity index (χ1) is 17.1. The number of rotatable bonds is 9. The van der Waals surface area contributed by atoms with Gasteiger partial charge in [-0.25, -0.2) is 4.68 Å². The maximum atomic E-state index is 13.1. The van der Waals surface area contributed by atoms with Crippen LogP contribution >= 0.6 is 0 Å². The zero-order valence-electron chi connectivity index (χ0n) is 21.1. The van der Waals surface area contributed by atoms with Gasteiger partial charge in [0.2, 0.25) is 0 Å². The molecule has 1 aromatic carbocycles. The average Bonchev–Trinajstić information content (AvgIpc) is 3.56. The topological polar surface area (TPSA) is 88.9 Å². The van der Waals surface area contributed by atoms with E-state index >= 15 is 0 Å². The number of H-pyrrole nitrogens is 1. The van der Waals surface area contributed by atoms with Crippen molar-refractivity contribution in [2.24, 2.45) is 0 Å². The van der Waals surface area contributed by atoms with Crippen LogP contribution < -0.4 is 5.56 Å². The number of hydrogen-bond donors (Lipinski definition) is 1. The van der Waals surface area contributed by atoms with E-state index in [0.29, 0.717) is 12.6 Å². The van der Waals surface area contributed by atoms with Gasteiger partial charge in [-0.15, -0.1) is 5.10 Å². The van der Waals surface area contributed by atoms with Gasteiger partial charge in [-0.2, -0.15) is 0 Å². The molecule has 188 valence electrons. The number of nitrogens with zero attached hydrogens (tertiary/aromatic N) is 5. The number of hydrogen-bond acceptors (Lipinski definition) is 6. The largest absolute Gasteiger partial charge is 0.377 e. The highest BCUT2D eigenvalue weighted by Gasteiger charge is 2.32. The molecule has 8 heteroatoms. The molecule has 3 heterocycles. The minimum absolute atomic E-state index is 0.0270. The lowest BCUT2D eigenvalue weighted by Crippen LogP contribution is -2.38. The van der Waals surface area contributed by atoms with Crippen LogP contribution in [0.5, 0.6) is 0 Å². The standard InChI is InChI=1S/C27H38N6O2/c1-3-8-25(26-29-30-31-33(26)22-9-5-4-6-10-22)32(18-23-11-7-14-35-23)17-21-16-20-15-19(2)12-13-24(20)28-27(21)34/h12-13,15-16,22-23,25H,3-11,14,17-18H2,1-2H3,(H,28,34)/t23-,25-/m1/s1.